The third kappa shape index (κ3) is 4.66. The minimum absolute atomic E-state index is 0.0262. The summed E-state index contributed by atoms with van der Waals surface area (Å²) in [6, 6.07) is 9.73. The van der Waals surface area contributed by atoms with Crippen molar-refractivity contribution in [2.45, 2.75) is 18.9 Å². The number of benzene rings is 1. The van der Waals surface area contributed by atoms with Gasteiger partial charge in [-0.25, -0.2) is 0 Å². The zero-order chi connectivity index (χ0) is 18.5. The molecule has 1 aliphatic rings. The van der Waals surface area contributed by atoms with Crippen molar-refractivity contribution >= 4 is 11.9 Å². The summed E-state index contributed by atoms with van der Waals surface area (Å²) >= 11 is 0. The van der Waals surface area contributed by atoms with E-state index in [1.165, 1.54) is 0 Å². The van der Waals surface area contributed by atoms with Crippen LogP contribution in [0.1, 0.15) is 23.6 Å². The van der Waals surface area contributed by atoms with Crippen LogP contribution in [0.2, 0.25) is 0 Å². The minimum atomic E-state index is -0.834. The quantitative estimate of drug-likeness (QED) is 0.754. The third-order valence-electron chi connectivity index (χ3n) is 4.65. The molecule has 0 saturated carbocycles. The number of carbonyl (C=O) groups excluding carboxylic acids is 1. The van der Waals surface area contributed by atoms with E-state index in [2.05, 4.69) is 15.6 Å². The highest BCUT2D eigenvalue weighted by Gasteiger charge is 2.37. The van der Waals surface area contributed by atoms with Crippen LogP contribution in [0.4, 0.5) is 0 Å². The third-order valence-corrected chi connectivity index (χ3v) is 4.65. The Kier molecular flexibility index (Phi) is 5.62. The molecule has 0 spiro atoms. The summed E-state index contributed by atoms with van der Waals surface area (Å²) in [6.45, 7) is 1.90. The molecular weight excluding hydrogens is 334 g/mol. The van der Waals surface area contributed by atoms with E-state index < -0.39 is 5.97 Å². The average Bonchev–Trinajstić information content (AvgIpc) is 3.19. The fourth-order valence-corrected chi connectivity index (χ4v) is 3.45. The van der Waals surface area contributed by atoms with Gasteiger partial charge in [-0.3, -0.25) is 19.2 Å². The van der Waals surface area contributed by atoms with Crippen LogP contribution >= 0.6 is 0 Å². The molecule has 1 aromatic carbocycles. The Bertz CT molecular complexity index is 761. The van der Waals surface area contributed by atoms with Crippen LogP contribution in [0.15, 0.2) is 36.5 Å². The van der Waals surface area contributed by atoms with E-state index in [0.29, 0.717) is 19.6 Å². The molecule has 2 atom stereocenters. The number of nitrogens with zero attached hydrogens (tertiary/aromatic N) is 4. The van der Waals surface area contributed by atoms with Crippen molar-refractivity contribution < 1.29 is 14.7 Å². The monoisotopic (exact) mass is 357 g/mol. The summed E-state index contributed by atoms with van der Waals surface area (Å²) in [7, 11) is 1.78. The van der Waals surface area contributed by atoms with Crippen LogP contribution in [0, 0.1) is 5.92 Å². The van der Waals surface area contributed by atoms with Crippen molar-refractivity contribution in [3.05, 3.63) is 47.8 Å². The topological polar surface area (TPSA) is 100 Å². The van der Waals surface area contributed by atoms with Gasteiger partial charge in [-0.1, -0.05) is 35.5 Å². The first-order valence-electron chi connectivity index (χ1n) is 8.62. The van der Waals surface area contributed by atoms with Gasteiger partial charge in [0.25, 0.3) is 0 Å². The van der Waals surface area contributed by atoms with Gasteiger partial charge in [0.1, 0.15) is 0 Å². The van der Waals surface area contributed by atoms with E-state index in [0.717, 1.165) is 11.3 Å². The molecule has 1 amide bonds. The number of likely N-dealkylation sites (tertiary alicyclic amines) is 1. The number of carbonyl (C=O) groups is 2. The Hall–Kier alpha value is -2.74. The minimum Gasteiger partial charge on any atom is -0.481 e. The van der Waals surface area contributed by atoms with Crippen LogP contribution in [-0.2, 0) is 23.2 Å². The number of hydrogen-bond acceptors (Lipinski definition) is 5. The summed E-state index contributed by atoms with van der Waals surface area (Å²) in [6.07, 6.45) is 1.88. The average molecular weight is 357 g/mol. The molecule has 2 aromatic rings. The van der Waals surface area contributed by atoms with E-state index in [1.54, 1.807) is 11.7 Å². The van der Waals surface area contributed by atoms with Crippen LogP contribution in [-0.4, -0.2) is 56.5 Å². The molecule has 1 fully saturated rings. The fraction of sp³-hybridized carbons (Fsp3) is 0.444. The molecule has 0 radical (unpaired) electrons. The molecule has 2 heterocycles. The van der Waals surface area contributed by atoms with Crippen LogP contribution in [0.5, 0.6) is 0 Å². The summed E-state index contributed by atoms with van der Waals surface area (Å²) in [4.78, 5) is 25.4. The number of aliphatic carboxylic acids is 1. The highest BCUT2D eigenvalue weighted by molar-refractivity contribution is 5.78. The molecule has 0 aliphatic carbocycles. The lowest BCUT2D eigenvalue weighted by molar-refractivity contribution is -0.138. The molecule has 1 aromatic heterocycles. The first-order valence-corrected chi connectivity index (χ1v) is 8.62. The van der Waals surface area contributed by atoms with Gasteiger partial charge in [-0.05, 0) is 11.5 Å². The molecular formula is C18H23N5O3. The predicted molar refractivity (Wildman–Crippen MR) is 94.2 cm³/mol. The lowest BCUT2D eigenvalue weighted by Gasteiger charge is -2.15. The lowest BCUT2D eigenvalue weighted by Crippen LogP contribution is -2.36. The highest BCUT2D eigenvalue weighted by atomic mass is 16.4. The maximum absolute atomic E-state index is 12.2. The van der Waals surface area contributed by atoms with E-state index in [4.69, 9.17) is 0 Å². The maximum Gasteiger partial charge on any atom is 0.303 e. The second-order valence-electron chi connectivity index (χ2n) is 6.74. The summed E-state index contributed by atoms with van der Waals surface area (Å²) in [5.74, 6) is -1.00. The standard InChI is InChI=1S/C18H23N5O3/c1-22-11-16(20-21-22)15-10-23(9-14(15)7-18(25)26)12-17(24)19-8-13-5-3-2-4-6-13/h2-6,11,14-15H,7-10,12H2,1H3,(H,19,24)(H,25,26). The van der Waals surface area contributed by atoms with E-state index in [-0.39, 0.29) is 30.7 Å². The van der Waals surface area contributed by atoms with E-state index >= 15 is 0 Å². The van der Waals surface area contributed by atoms with Crippen molar-refractivity contribution in [1.29, 1.82) is 0 Å². The number of carboxylic acids is 1. The van der Waals surface area contributed by atoms with Gasteiger partial charge >= 0.3 is 5.97 Å². The highest BCUT2D eigenvalue weighted by Crippen LogP contribution is 2.33. The largest absolute Gasteiger partial charge is 0.481 e. The number of rotatable bonds is 7. The van der Waals surface area contributed by atoms with Gasteiger partial charge in [0.15, 0.2) is 0 Å². The van der Waals surface area contributed by atoms with Gasteiger partial charge in [0.05, 0.1) is 18.7 Å². The van der Waals surface area contributed by atoms with Crippen molar-refractivity contribution in [1.82, 2.24) is 25.2 Å². The molecule has 138 valence electrons. The lowest BCUT2D eigenvalue weighted by atomic mass is 9.91. The summed E-state index contributed by atoms with van der Waals surface area (Å²) in [5.41, 5.74) is 1.83. The Labute approximate surface area is 151 Å². The van der Waals surface area contributed by atoms with E-state index in [1.807, 2.05) is 41.4 Å². The van der Waals surface area contributed by atoms with Crippen molar-refractivity contribution in [3.8, 4) is 0 Å². The SMILES string of the molecule is Cn1cc(C2CN(CC(=O)NCc3ccccc3)CC2CC(=O)O)nn1. The van der Waals surface area contributed by atoms with Gasteiger partial charge < -0.3 is 10.4 Å². The van der Waals surface area contributed by atoms with Crippen LogP contribution in [0.25, 0.3) is 0 Å². The summed E-state index contributed by atoms with van der Waals surface area (Å²) in [5, 5.41) is 20.2. The molecule has 0 bridgehead atoms. The molecule has 26 heavy (non-hydrogen) atoms. The zero-order valence-corrected chi connectivity index (χ0v) is 14.7. The number of aromatic nitrogens is 3. The number of amides is 1. The number of hydrogen-bond donors (Lipinski definition) is 2. The van der Waals surface area contributed by atoms with Crippen molar-refractivity contribution in [2.75, 3.05) is 19.6 Å². The molecule has 3 rings (SSSR count). The maximum atomic E-state index is 12.2. The zero-order valence-electron chi connectivity index (χ0n) is 14.7. The number of carboxylic acid groups (broad SMARTS) is 1. The first-order chi connectivity index (χ1) is 12.5. The van der Waals surface area contributed by atoms with Gasteiger partial charge in [0.2, 0.25) is 5.91 Å². The van der Waals surface area contributed by atoms with E-state index in [9.17, 15) is 14.7 Å². The molecule has 1 saturated heterocycles. The Morgan fingerprint density at radius 2 is 2.04 bits per heavy atom. The number of nitrogens with one attached hydrogen (secondary N) is 1. The van der Waals surface area contributed by atoms with Gasteiger partial charge in [-0.2, -0.15) is 0 Å². The molecule has 8 heteroatoms. The molecule has 2 unspecified atom stereocenters. The normalized spacial score (nSPS) is 20.2. The van der Waals surface area contributed by atoms with Crippen LogP contribution in [0.3, 0.4) is 0 Å². The van der Waals surface area contributed by atoms with Crippen molar-refractivity contribution in [3.63, 3.8) is 0 Å². The molecule has 8 nitrogen and oxygen atoms in total. The fourth-order valence-electron chi connectivity index (χ4n) is 3.45. The molecule has 1 aliphatic heterocycles. The van der Waals surface area contributed by atoms with Gasteiger partial charge in [0, 0.05) is 38.8 Å². The van der Waals surface area contributed by atoms with Gasteiger partial charge in [-0.15, -0.1) is 5.10 Å². The Balaban J connectivity index is 1.58. The smallest absolute Gasteiger partial charge is 0.303 e. The second-order valence-corrected chi connectivity index (χ2v) is 6.74. The van der Waals surface area contributed by atoms with Crippen molar-refractivity contribution in [2.24, 2.45) is 13.0 Å². The predicted octanol–water partition coefficient (Wildman–Crippen LogP) is 0.622. The Morgan fingerprint density at radius 3 is 2.69 bits per heavy atom. The number of aryl methyl sites for hydroxylation is 1. The first kappa shape index (κ1) is 18.1. The second kappa shape index (κ2) is 8.09. The molecule has 2 N–H and O–H groups in total. The summed E-state index contributed by atoms with van der Waals surface area (Å²) < 4.78 is 1.61. The Morgan fingerprint density at radius 1 is 1.27 bits per heavy atom. The van der Waals surface area contributed by atoms with Crippen LogP contribution < -0.4 is 5.32 Å².